The van der Waals surface area contributed by atoms with Crippen LogP contribution in [0.25, 0.3) is 0 Å². The Morgan fingerprint density at radius 2 is 1.74 bits per heavy atom. The fourth-order valence-corrected chi connectivity index (χ4v) is 3.15. The van der Waals surface area contributed by atoms with E-state index in [1.165, 1.54) is 10.6 Å². The summed E-state index contributed by atoms with van der Waals surface area (Å²) in [6.45, 7) is 8.64. The lowest BCUT2D eigenvalue weighted by Crippen LogP contribution is -2.34. The van der Waals surface area contributed by atoms with Gasteiger partial charge in [-0.3, -0.25) is 4.79 Å². The maximum atomic E-state index is 12.2. The van der Waals surface area contributed by atoms with Gasteiger partial charge < -0.3 is 5.32 Å². The van der Waals surface area contributed by atoms with E-state index in [-0.39, 0.29) is 18.9 Å². The summed E-state index contributed by atoms with van der Waals surface area (Å²) in [5.74, 6) is 0.253. The highest BCUT2D eigenvalue weighted by molar-refractivity contribution is 7.88. The van der Waals surface area contributed by atoms with Crippen molar-refractivity contribution < 1.29 is 13.2 Å². The first kappa shape index (κ1) is 19.6. The third-order valence-electron chi connectivity index (χ3n) is 3.76. The minimum atomic E-state index is -3.29. The molecule has 130 valence electrons. The molecule has 0 atom stereocenters. The van der Waals surface area contributed by atoms with E-state index in [0.29, 0.717) is 12.5 Å². The van der Waals surface area contributed by atoms with Crippen LogP contribution in [-0.2, 0) is 14.8 Å². The van der Waals surface area contributed by atoms with Crippen molar-refractivity contribution in [1.82, 2.24) is 4.31 Å². The van der Waals surface area contributed by atoms with Crippen LogP contribution in [0.3, 0.4) is 0 Å². The van der Waals surface area contributed by atoms with E-state index in [1.807, 2.05) is 45.9 Å². The number of nitrogens with zero attached hydrogens (tertiary/aromatic N) is 1. The van der Waals surface area contributed by atoms with Crippen LogP contribution in [0, 0.1) is 19.8 Å². The van der Waals surface area contributed by atoms with Gasteiger partial charge in [0.25, 0.3) is 0 Å². The van der Waals surface area contributed by atoms with Gasteiger partial charge >= 0.3 is 0 Å². The monoisotopic (exact) mass is 340 g/mol. The van der Waals surface area contributed by atoms with Crippen molar-refractivity contribution >= 4 is 21.6 Å². The Labute approximate surface area is 140 Å². The van der Waals surface area contributed by atoms with Gasteiger partial charge in [0.05, 0.1) is 6.26 Å². The fraction of sp³-hybridized carbons (Fsp3) is 0.588. The molecule has 1 aromatic rings. The van der Waals surface area contributed by atoms with Crippen LogP contribution in [0.15, 0.2) is 18.2 Å². The van der Waals surface area contributed by atoms with Crippen LogP contribution in [0.1, 0.15) is 37.8 Å². The Balaban J connectivity index is 2.65. The summed E-state index contributed by atoms with van der Waals surface area (Å²) >= 11 is 0. The molecule has 0 saturated heterocycles. The summed E-state index contributed by atoms with van der Waals surface area (Å²) in [5.41, 5.74) is 2.81. The van der Waals surface area contributed by atoms with Gasteiger partial charge in [0, 0.05) is 25.2 Å². The Morgan fingerprint density at radius 1 is 1.17 bits per heavy atom. The lowest BCUT2D eigenvalue weighted by atomic mass is 10.1. The Bertz CT molecular complexity index is 619. The fourth-order valence-electron chi connectivity index (χ4n) is 2.29. The normalized spacial score (nSPS) is 12.0. The molecule has 0 heterocycles. The average molecular weight is 340 g/mol. The molecule has 23 heavy (non-hydrogen) atoms. The van der Waals surface area contributed by atoms with Gasteiger partial charge in [0.15, 0.2) is 0 Å². The van der Waals surface area contributed by atoms with Crippen LogP contribution < -0.4 is 5.32 Å². The second kappa shape index (κ2) is 8.45. The molecule has 0 spiro atoms. The summed E-state index contributed by atoms with van der Waals surface area (Å²) in [5, 5.41) is 2.89. The highest BCUT2D eigenvalue weighted by Gasteiger charge is 2.18. The molecule has 0 aliphatic carbocycles. The standard InChI is InChI=1S/C17H28N2O3S/c1-13(2)9-11-19(23(5,21)22)12-10-16(20)18-17-14(3)7-6-8-15(17)4/h6-8,13H,9-12H2,1-5H3,(H,18,20). The van der Waals surface area contributed by atoms with Crippen LogP contribution in [0.5, 0.6) is 0 Å². The first-order chi connectivity index (χ1) is 10.6. The number of para-hydroxylation sites is 1. The number of carbonyl (C=O) groups excluding carboxylic acids is 1. The third-order valence-corrected chi connectivity index (χ3v) is 5.06. The van der Waals surface area contributed by atoms with Gasteiger partial charge in [-0.05, 0) is 37.3 Å². The molecule has 1 rings (SSSR count). The zero-order valence-corrected chi connectivity index (χ0v) is 15.5. The van der Waals surface area contributed by atoms with Gasteiger partial charge in [0.1, 0.15) is 0 Å². The Kier molecular flexibility index (Phi) is 7.22. The zero-order valence-electron chi connectivity index (χ0n) is 14.7. The van der Waals surface area contributed by atoms with E-state index in [4.69, 9.17) is 0 Å². The van der Waals surface area contributed by atoms with E-state index >= 15 is 0 Å². The molecule has 0 bridgehead atoms. The molecule has 1 aromatic carbocycles. The first-order valence-electron chi connectivity index (χ1n) is 7.92. The van der Waals surface area contributed by atoms with E-state index < -0.39 is 10.0 Å². The quantitative estimate of drug-likeness (QED) is 0.791. The maximum absolute atomic E-state index is 12.2. The molecular weight excluding hydrogens is 312 g/mol. The molecule has 0 radical (unpaired) electrons. The van der Waals surface area contributed by atoms with Gasteiger partial charge in [-0.25, -0.2) is 12.7 Å². The molecular formula is C17H28N2O3S. The lowest BCUT2D eigenvalue weighted by molar-refractivity contribution is -0.116. The summed E-state index contributed by atoms with van der Waals surface area (Å²) in [6, 6.07) is 5.82. The predicted octanol–water partition coefficient (Wildman–Crippen LogP) is 2.94. The van der Waals surface area contributed by atoms with Gasteiger partial charge in [-0.15, -0.1) is 0 Å². The van der Waals surface area contributed by atoms with Crippen molar-refractivity contribution in [2.75, 3.05) is 24.7 Å². The predicted molar refractivity (Wildman–Crippen MR) is 95.0 cm³/mol. The van der Waals surface area contributed by atoms with Crippen molar-refractivity contribution in [2.45, 2.75) is 40.5 Å². The van der Waals surface area contributed by atoms with Crippen LogP contribution in [0.2, 0.25) is 0 Å². The SMILES string of the molecule is Cc1cccc(C)c1NC(=O)CCN(CCC(C)C)S(C)(=O)=O. The largest absolute Gasteiger partial charge is 0.326 e. The molecule has 0 aliphatic rings. The van der Waals surface area contributed by atoms with Gasteiger partial charge in [0.2, 0.25) is 15.9 Å². The molecule has 0 unspecified atom stereocenters. The first-order valence-corrected chi connectivity index (χ1v) is 9.77. The molecule has 0 aliphatic heterocycles. The number of nitrogens with one attached hydrogen (secondary N) is 1. The van der Waals surface area contributed by atoms with E-state index in [0.717, 1.165) is 23.2 Å². The minimum absolute atomic E-state index is 0.152. The topological polar surface area (TPSA) is 66.5 Å². The molecule has 0 fully saturated rings. The Morgan fingerprint density at radius 3 is 2.22 bits per heavy atom. The van der Waals surface area contributed by atoms with E-state index in [2.05, 4.69) is 5.32 Å². The average Bonchev–Trinajstić information content (AvgIpc) is 2.41. The Hall–Kier alpha value is -1.40. The van der Waals surface area contributed by atoms with Crippen LogP contribution >= 0.6 is 0 Å². The summed E-state index contributed by atoms with van der Waals surface area (Å²) in [4.78, 5) is 12.2. The third kappa shape index (κ3) is 6.71. The number of amides is 1. The van der Waals surface area contributed by atoms with E-state index in [1.54, 1.807) is 0 Å². The highest BCUT2D eigenvalue weighted by Crippen LogP contribution is 2.19. The maximum Gasteiger partial charge on any atom is 0.225 e. The van der Waals surface area contributed by atoms with Crippen LogP contribution in [-0.4, -0.2) is 38.0 Å². The van der Waals surface area contributed by atoms with Crippen molar-refractivity contribution in [1.29, 1.82) is 0 Å². The molecule has 5 nitrogen and oxygen atoms in total. The number of anilines is 1. The van der Waals surface area contributed by atoms with Crippen molar-refractivity contribution in [3.8, 4) is 0 Å². The minimum Gasteiger partial charge on any atom is -0.326 e. The molecule has 1 N–H and O–H groups in total. The van der Waals surface area contributed by atoms with Crippen molar-refractivity contribution in [2.24, 2.45) is 5.92 Å². The van der Waals surface area contributed by atoms with Crippen molar-refractivity contribution in [3.05, 3.63) is 29.3 Å². The number of aryl methyl sites for hydroxylation is 2. The number of hydrogen-bond donors (Lipinski definition) is 1. The smallest absolute Gasteiger partial charge is 0.225 e. The van der Waals surface area contributed by atoms with Crippen LogP contribution in [0.4, 0.5) is 5.69 Å². The zero-order chi connectivity index (χ0) is 17.6. The highest BCUT2D eigenvalue weighted by atomic mass is 32.2. The summed E-state index contributed by atoms with van der Waals surface area (Å²) < 4.78 is 25.0. The second-order valence-electron chi connectivity index (χ2n) is 6.41. The molecule has 1 amide bonds. The second-order valence-corrected chi connectivity index (χ2v) is 8.39. The summed E-state index contributed by atoms with van der Waals surface area (Å²) in [6.07, 6.45) is 2.13. The number of benzene rings is 1. The van der Waals surface area contributed by atoms with E-state index in [9.17, 15) is 13.2 Å². The van der Waals surface area contributed by atoms with Crippen molar-refractivity contribution in [3.63, 3.8) is 0 Å². The molecule has 0 saturated carbocycles. The number of rotatable bonds is 8. The number of sulfonamides is 1. The number of hydrogen-bond acceptors (Lipinski definition) is 3. The van der Waals surface area contributed by atoms with Gasteiger partial charge in [-0.2, -0.15) is 0 Å². The molecule has 6 heteroatoms. The molecule has 0 aromatic heterocycles. The summed E-state index contributed by atoms with van der Waals surface area (Å²) in [7, 11) is -3.29. The lowest BCUT2D eigenvalue weighted by Gasteiger charge is -2.21. The number of carbonyl (C=O) groups is 1. The van der Waals surface area contributed by atoms with Gasteiger partial charge in [-0.1, -0.05) is 32.0 Å².